The maximum absolute atomic E-state index is 13.2. The van der Waals surface area contributed by atoms with Crippen molar-refractivity contribution in [2.45, 2.75) is 13.5 Å². The lowest BCUT2D eigenvalue weighted by atomic mass is 10.1. The zero-order chi connectivity index (χ0) is 28.2. The third-order valence-electron chi connectivity index (χ3n) is 7.15. The molecule has 3 aromatic carbocycles. The number of pyridine rings is 1. The van der Waals surface area contributed by atoms with E-state index in [-0.39, 0.29) is 11.7 Å². The van der Waals surface area contributed by atoms with Crippen molar-refractivity contribution in [1.82, 2.24) is 15.0 Å². The molecule has 6 rings (SSSR count). The highest BCUT2D eigenvalue weighted by Crippen LogP contribution is 2.26. The van der Waals surface area contributed by atoms with Gasteiger partial charge >= 0.3 is 0 Å². The van der Waals surface area contributed by atoms with Gasteiger partial charge in [-0.2, -0.15) is 4.98 Å². The van der Waals surface area contributed by atoms with Crippen molar-refractivity contribution in [1.29, 1.82) is 0 Å². The molecule has 206 valence electrons. The van der Waals surface area contributed by atoms with Gasteiger partial charge < -0.3 is 20.4 Å². The number of amides is 1. The van der Waals surface area contributed by atoms with E-state index in [1.165, 1.54) is 24.3 Å². The summed E-state index contributed by atoms with van der Waals surface area (Å²) in [6.07, 6.45) is 1.83. The number of nitrogens with zero attached hydrogens (tertiary/aromatic N) is 5. The molecule has 1 fully saturated rings. The fraction of sp³-hybridized carbons (Fsp3) is 0.188. The summed E-state index contributed by atoms with van der Waals surface area (Å²) < 4.78 is 13.2. The number of hydrogen-bond donors (Lipinski definition) is 2. The van der Waals surface area contributed by atoms with Gasteiger partial charge in [-0.3, -0.25) is 4.79 Å². The zero-order valence-corrected chi connectivity index (χ0v) is 22.7. The molecule has 1 amide bonds. The molecule has 41 heavy (non-hydrogen) atoms. The summed E-state index contributed by atoms with van der Waals surface area (Å²) in [6.45, 7) is 5.92. The van der Waals surface area contributed by atoms with Crippen LogP contribution in [0.15, 0.2) is 91.1 Å². The van der Waals surface area contributed by atoms with Crippen LogP contribution in [0.4, 0.5) is 27.7 Å². The molecular weight excluding hydrogens is 517 g/mol. The summed E-state index contributed by atoms with van der Waals surface area (Å²) in [5.41, 5.74) is 4.14. The molecule has 0 aliphatic carbocycles. The van der Waals surface area contributed by atoms with Crippen molar-refractivity contribution in [3.05, 3.63) is 114 Å². The van der Waals surface area contributed by atoms with Gasteiger partial charge in [-0.25, -0.2) is 14.4 Å². The summed E-state index contributed by atoms with van der Waals surface area (Å²) in [6, 6.07) is 25.3. The number of carbonyl (C=O) groups excluding carboxylic acids is 1. The van der Waals surface area contributed by atoms with Crippen LogP contribution in [0, 0.1) is 12.7 Å². The van der Waals surface area contributed by atoms with Crippen molar-refractivity contribution in [2.75, 3.05) is 46.6 Å². The molecule has 0 saturated carbocycles. The fourth-order valence-corrected chi connectivity index (χ4v) is 4.88. The SMILES string of the molecule is Cc1ccc2nc(N3CCN(c4ccccn4)CC3)nc(NCc3ccc(NC(=O)c4ccc(F)cc4)cc3)c2c1. The largest absolute Gasteiger partial charge is 0.365 e. The minimum Gasteiger partial charge on any atom is -0.365 e. The maximum atomic E-state index is 13.2. The number of aryl methyl sites for hydroxylation is 1. The van der Waals surface area contributed by atoms with Crippen LogP contribution in [0.5, 0.6) is 0 Å². The summed E-state index contributed by atoms with van der Waals surface area (Å²) in [4.78, 5) is 31.3. The van der Waals surface area contributed by atoms with E-state index in [0.29, 0.717) is 23.7 Å². The Kier molecular flexibility index (Phi) is 7.40. The van der Waals surface area contributed by atoms with E-state index in [9.17, 15) is 9.18 Å². The molecule has 1 aliphatic rings. The Labute approximate surface area is 237 Å². The molecule has 5 aromatic rings. The van der Waals surface area contributed by atoms with Gasteiger partial charge in [0.25, 0.3) is 5.91 Å². The molecular formula is C32H30FN7O. The number of carbonyl (C=O) groups is 1. The number of nitrogens with one attached hydrogen (secondary N) is 2. The van der Waals surface area contributed by atoms with Crippen molar-refractivity contribution in [3.63, 3.8) is 0 Å². The summed E-state index contributed by atoms with van der Waals surface area (Å²) in [5, 5.41) is 7.34. The van der Waals surface area contributed by atoms with Gasteiger partial charge in [0.15, 0.2) is 0 Å². The number of anilines is 4. The first kappa shape index (κ1) is 26.2. The number of halogens is 1. The normalized spacial score (nSPS) is 13.3. The number of rotatable bonds is 7. The minimum atomic E-state index is -0.375. The smallest absolute Gasteiger partial charge is 0.255 e. The maximum Gasteiger partial charge on any atom is 0.255 e. The minimum absolute atomic E-state index is 0.285. The lowest BCUT2D eigenvalue weighted by molar-refractivity contribution is 0.102. The van der Waals surface area contributed by atoms with E-state index >= 15 is 0 Å². The van der Waals surface area contributed by atoms with E-state index in [0.717, 1.165) is 59.8 Å². The molecule has 1 aliphatic heterocycles. The third kappa shape index (κ3) is 6.09. The monoisotopic (exact) mass is 547 g/mol. The second-order valence-corrected chi connectivity index (χ2v) is 10.1. The van der Waals surface area contributed by atoms with Crippen LogP contribution in [0.3, 0.4) is 0 Å². The summed E-state index contributed by atoms with van der Waals surface area (Å²) in [7, 11) is 0. The number of fused-ring (bicyclic) bond motifs is 1. The van der Waals surface area contributed by atoms with Crippen LogP contribution in [0.2, 0.25) is 0 Å². The summed E-state index contributed by atoms with van der Waals surface area (Å²) >= 11 is 0. The molecule has 0 spiro atoms. The first-order chi connectivity index (χ1) is 20.0. The van der Waals surface area contributed by atoms with Crippen LogP contribution in [0.25, 0.3) is 10.9 Å². The Morgan fingerprint density at radius 2 is 1.63 bits per heavy atom. The Morgan fingerprint density at radius 1 is 0.878 bits per heavy atom. The van der Waals surface area contributed by atoms with Crippen molar-refractivity contribution in [2.24, 2.45) is 0 Å². The lowest BCUT2D eigenvalue weighted by Crippen LogP contribution is -2.47. The first-order valence-electron chi connectivity index (χ1n) is 13.6. The van der Waals surface area contributed by atoms with Crippen LogP contribution < -0.4 is 20.4 Å². The second-order valence-electron chi connectivity index (χ2n) is 10.1. The Balaban J connectivity index is 1.15. The highest BCUT2D eigenvalue weighted by molar-refractivity contribution is 6.04. The Hall–Kier alpha value is -5.05. The number of hydrogen-bond acceptors (Lipinski definition) is 7. The molecule has 1 saturated heterocycles. The van der Waals surface area contributed by atoms with Crippen molar-refractivity contribution < 1.29 is 9.18 Å². The molecule has 0 bridgehead atoms. The van der Waals surface area contributed by atoms with Gasteiger partial charge in [-0.05, 0) is 73.2 Å². The lowest BCUT2D eigenvalue weighted by Gasteiger charge is -2.35. The molecule has 3 heterocycles. The Morgan fingerprint density at radius 3 is 2.37 bits per heavy atom. The van der Waals surface area contributed by atoms with Gasteiger partial charge in [0, 0.05) is 55.6 Å². The molecule has 0 radical (unpaired) electrons. The fourth-order valence-electron chi connectivity index (χ4n) is 4.88. The van der Waals surface area contributed by atoms with Gasteiger partial charge in [-0.15, -0.1) is 0 Å². The van der Waals surface area contributed by atoms with Crippen LogP contribution in [-0.2, 0) is 6.54 Å². The van der Waals surface area contributed by atoms with E-state index in [4.69, 9.17) is 9.97 Å². The van der Waals surface area contributed by atoms with E-state index in [1.54, 1.807) is 0 Å². The van der Waals surface area contributed by atoms with Crippen LogP contribution >= 0.6 is 0 Å². The molecule has 9 heteroatoms. The van der Waals surface area contributed by atoms with E-state index < -0.39 is 0 Å². The quantitative estimate of drug-likeness (QED) is 0.272. The van der Waals surface area contributed by atoms with E-state index in [2.05, 4.69) is 44.5 Å². The van der Waals surface area contributed by atoms with Crippen LogP contribution in [-0.4, -0.2) is 47.0 Å². The van der Waals surface area contributed by atoms with E-state index in [1.807, 2.05) is 54.7 Å². The molecule has 0 atom stereocenters. The number of aromatic nitrogens is 3. The van der Waals surface area contributed by atoms with Gasteiger partial charge in [0.05, 0.1) is 5.52 Å². The second kappa shape index (κ2) is 11.6. The van der Waals surface area contributed by atoms with Gasteiger partial charge in [-0.1, -0.05) is 29.8 Å². The highest BCUT2D eigenvalue weighted by atomic mass is 19.1. The van der Waals surface area contributed by atoms with Gasteiger partial charge in [0.2, 0.25) is 5.95 Å². The van der Waals surface area contributed by atoms with Crippen molar-refractivity contribution >= 4 is 40.1 Å². The first-order valence-corrected chi connectivity index (χ1v) is 13.6. The molecule has 8 nitrogen and oxygen atoms in total. The van der Waals surface area contributed by atoms with Crippen molar-refractivity contribution in [3.8, 4) is 0 Å². The highest BCUT2D eigenvalue weighted by Gasteiger charge is 2.21. The third-order valence-corrected chi connectivity index (χ3v) is 7.15. The number of benzene rings is 3. The average molecular weight is 548 g/mol. The zero-order valence-electron chi connectivity index (χ0n) is 22.7. The topological polar surface area (TPSA) is 86.3 Å². The van der Waals surface area contributed by atoms with Gasteiger partial charge in [0.1, 0.15) is 17.5 Å². The molecule has 2 N–H and O–H groups in total. The predicted molar refractivity (Wildman–Crippen MR) is 161 cm³/mol. The van der Waals surface area contributed by atoms with Crippen LogP contribution in [0.1, 0.15) is 21.5 Å². The molecule has 2 aromatic heterocycles. The summed E-state index contributed by atoms with van der Waals surface area (Å²) in [5.74, 6) is 1.83. The standard InChI is InChI=1S/C32H30FN7O/c1-22-5-14-28-27(20-22)30(38-32(37-28)40-18-16-39(17-19-40)29-4-2-3-15-34-29)35-21-23-6-12-26(13-7-23)36-31(41)24-8-10-25(33)11-9-24/h2-15,20H,16-19,21H2,1H3,(H,36,41)(H,35,37,38). The predicted octanol–water partition coefficient (Wildman–Crippen LogP) is 5.66. The number of piperazine rings is 1. The molecule has 0 unspecified atom stereocenters. The Bertz CT molecular complexity index is 1650. The average Bonchev–Trinajstić information content (AvgIpc) is 3.01.